The van der Waals surface area contributed by atoms with Crippen molar-refractivity contribution in [1.82, 2.24) is 10.6 Å². The predicted octanol–water partition coefficient (Wildman–Crippen LogP) is 1.21. The Morgan fingerprint density at radius 3 is 2.79 bits per heavy atom. The smallest absolute Gasteiger partial charge is 0.315 e. The van der Waals surface area contributed by atoms with Crippen molar-refractivity contribution >= 4 is 12.0 Å². The van der Waals surface area contributed by atoms with Crippen molar-refractivity contribution in [2.24, 2.45) is 11.8 Å². The molecule has 6 nitrogen and oxygen atoms in total. The van der Waals surface area contributed by atoms with Crippen LogP contribution in [0.1, 0.15) is 32.6 Å². The molecule has 3 atom stereocenters. The van der Waals surface area contributed by atoms with E-state index in [1.807, 2.05) is 6.92 Å². The van der Waals surface area contributed by atoms with Crippen LogP contribution in [0, 0.1) is 11.8 Å². The van der Waals surface area contributed by atoms with E-state index in [0.29, 0.717) is 19.6 Å². The topological polar surface area (TPSA) is 87.7 Å². The fraction of sp³-hybridized carbons (Fsp3) is 0.846. The number of hydrogen-bond donors (Lipinski definition) is 3. The number of aliphatic carboxylic acids is 1. The molecule has 3 N–H and O–H groups in total. The van der Waals surface area contributed by atoms with Gasteiger partial charge in [-0.2, -0.15) is 0 Å². The number of carboxylic acid groups (broad SMARTS) is 1. The highest BCUT2D eigenvalue weighted by molar-refractivity contribution is 5.74. The summed E-state index contributed by atoms with van der Waals surface area (Å²) in [5.74, 6) is -1.01. The van der Waals surface area contributed by atoms with E-state index < -0.39 is 5.97 Å². The Morgan fingerprint density at radius 2 is 2.16 bits per heavy atom. The standard InChI is InChI=1S/C13H24N2O4/c1-9(6-7-19-2)15-13(18)14-8-10-4-3-5-11(10)12(16)17/h9-11H,3-8H2,1-2H3,(H,16,17)(H2,14,15,18). The second-order valence-corrected chi connectivity index (χ2v) is 5.17. The maximum absolute atomic E-state index is 11.6. The lowest BCUT2D eigenvalue weighted by Crippen LogP contribution is -2.43. The number of urea groups is 1. The quantitative estimate of drug-likeness (QED) is 0.650. The first-order valence-electron chi connectivity index (χ1n) is 6.80. The van der Waals surface area contributed by atoms with Crippen molar-refractivity contribution in [3.05, 3.63) is 0 Å². The van der Waals surface area contributed by atoms with Crippen LogP contribution in [0.2, 0.25) is 0 Å². The Bertz CT molecular complexity index is 309. The molecule has 0 radical (unpaired) electrons. The Hall–Kier alpha value is -1.30. The van der Waals surface area contributed by atoms with Crippen LogP contribution < -0.4 is 10.6 Å². The van der Waals surface area contributed by atoms with E-state index in [2.05, 4.69) is 10.6 Å². The Morgan fingerprint density at radius 1 is 1.42 bits per heavy atom. The molecule has 0 saturated heterocycles. The molecule has 110 valence electrons. The fourth-order valence-corrected chi connectivity index (χ4v) is 2.47. The van der Waals surface area contributed by atoms with Gasteiger partial charge in [0.1, 0.15) is 0 Å². The van der Waals surface area contributed by atoms with Crippen LogP contribution in [-0.4, -0.2) is 43.4 Å². The lowest BCUT2D eigenvalue weighted by molar-refractivity contribution is -0.142. The highest BCUT2D eigenvalue weighted by Gasteiger charge is 2.32. The van der Waals surface area contributed by atoms with Gasteiger partial charge < -0.3 is 20.5 Å². The SMILES string of the molecule is COCCC(C)NC(=O)NCC1CCCC1C(=O)O. The third-order valence-corrected chi connectivity index (χ3v) is 3.63. The summed E-state index contributed by atoms with van der Waals surface area (Å²) in [6.07, 6.45) is 3.27. The average molecular weight is 272 g/mol. The summed E-state index contributed by atoms with van der Waals surface area (Å²) in [5.41, 5.74) is 0. The van der Waals surface area contributed by atoms with E-state index in [1.54, 1.807) is 7.11 Å². The van der Waals surface area contributed by atoms with Gasteiger partial charge in [-0.1, -0.05) is 6.42 Å². The van der Waals surface area contributed by atoms with E-state index >= 15 is 0 Å². The van der Waals surface area contributed by atoms with Crippen molar-refractivity contribution in [1.29, 1.82) is 0 Å². The minimum Gasteiger partial charge on any atom is -0.481 e. The van der Waals surface area contributed by atoms with Gasteiger partial charge in [-0.25, -0.2) is 4.79 Å². The van der Waals surface area contributed by atoms with Crippen LogP contribution in [0.25, 0.3) is 0 Å². The van der Waals surface area contributed by atoms with Gasteiger partial charge in [0.15, 0.2) is 0 Å². The minimum atomic E-state index is -0.752. The van der Waals surface area contributed by atoms with Crippen molar-refractivity contribution in [3.63, 3.8) is 0 Å². The van der Waals surface area contributed by atoms with Crippen LogP contribution >= 0.6 is 0 Å². The zero-order valence-corrected chi connectivity index (χ0v) is 11.6. The molecule has 1 rings (SSSR count). The zero-order chi connectivity index (χ0) is 14.3. The summed E-state index contributed by atoms with van der Waals surface area (Å²) >= 11 is 0. The normalized spacial score (nSPS) is 23.9. The van der Waals surface area contributed by atoms with Crippen LogP contribution in [0.3, 0.4) is 0 Å². The first-order chi connectivity index (χ1) is 9.04. The third-order valence-electron chi connectivity index (χ3n) is 3.63. The maximum atomic E-state index is 11.6. The molecule has 1 fully saturated rings. The molecule has 6 heteroatoms. The number of hydrogen-bond acceptors (Lipinski definition) is 3. The Kier molecular flexibility index (Phi) is 6.62. The molecule has 0 aliphatic heterocycles. The van der Waals surface area contributed by atoms with Crippen molar-refractivity contribution in [3.8, 4) is 0 Å². The Balaban J connectivity index is 2.24. The third kappa shape index (κ3) is 5.46. The molecule has 0 aromatic rings. The lowest BCUT2D eigenvalue weighted by Gasteiger charge is -2.18. The van der Waals surface area contributed by atoms with Gasteiger partial charge in [0.25, 0.3) is 0 Å². The summed E-state index contributed by atoms with van der Waals surface area (Å²) in [6.45, 7) is 2.94. The summed E-state index contributed by atoms with van der Waals surface area (Å²) in [4.78, 5) is 22.6. The molecule has 1 saturated carbocycles. The molecule has 2 amide bonds. The molecular weight excluding hydrogens is 248 g/mol. The summed E-state index contributed by atoms with van der Waals surface area (Å²) in [7, 11) is 1.62. The van der Waals surface area contributed by atoms with Crippen molar-refractivity contribution in [2.45, 2.75) is 38.6 Å². The van der Waals surface area contributed by atoms with Crippen molar-refractivity contribution < 1.29 is 19.4 Å². The summed E-state index contributed by atoms with van der Waals surface area (Å²) in [6, 6.07) is -0.196. The number of rotatable bonds is 7. The number of carbonyl (C=O) groups excluding carboxylic acids is 1. The predicted molar refractivity (Wildman–Crippen MR) is 71.0 cm³/mol. The largest absolute Gasteiger partial charge is 0.481 e. The minimum absolute atomic E-state index is 0.0406. The monoisotopic (exact) mass is 272 g/mol. The fourth-order valence-electron chi connectivity index (χ4n) is 2.47. The second-order valence-electron chi connectivity index (χ2n) is 5.17. The first kappa shape index (κ1) is 15.8. The highest BCUT2D eigenvalue weighted by Crippen LogP contribution is 2.31. The lowest BCUT2D eigenvalue weighted by atomic mass is 9.96. The number of carboxylic acids is 1. The van der Waals surface area contributed by atoms with Gasteiger partial charge in [-0.05, 0) is 32.1 Å². The van der Waals surface area contributed by atoms with E-state index in [1.165, 1.54) is 0 Å². The molecule has 0 heterocycles. The van der Waals surface area contributed by atoms with Gasteiger partial charge in [0.2, 0.25) is 0 Å². The Labute approximate surface area is 113 Å². The second kappa shape index (κ2) is 7.99. The van der Waals surface area contributed by atoms with E-state index in [4.69, 9.17) is 9.84 Å². The van der Waals surface area contributed by atoms with E-state index in [0.717, 1.165) is 19.3 Å². The van der Waals surface area contributed by atoms with Gasteiger partial charge in [-0.3, -0.25) is 4.79 Å². The van der Waals surface area contributed by atoms with Gasteiger partial charge in [0.05, 0.1) is 5.92 Å². The van der Waals surface area contributed by atoms with Gasteiger partial charge >= 0.3 is 12.0 Å². The summed E-state index contributed by atoms with van der Waals surface area (Å²) < 4.78 is 4.94. The molecule has 19 heavy (non-hydrogen) atoms. The number of methoxy groups -OCH3 is 1. The number of carbonyl (C=O) groups is 2. The molecule has 0 bridgehead atoms. The van der Waals surface area contributed by atoms with Crippen LogP contribution in [0.5, 0.6) is 0 Å². The number of amides is 2. The number of ether oxygens (including phenoxy) is 1. The summed E-state index contributed by atoms with van der Waals surface area (Å²) in [5, 5.41) is 14.6. The molecule has 0 aromatic carbocycles. The maximum Gasteiger partial charge on any atom is 0.315 e. The molecule has 3 unspecified atom stereocenters. The van der Waals surface area contributed by atoms with Crippen LogP contribution in [0.4, 0.5) is 4.79 Å². The van der Waals surface area contributed by atoms with Gasteiger partial charge in [0, 0.05) is 26.3 Å². The van der Waals surface area contributed by atoms with Gasteiger partial charge in [-0.15, -0.1) is 0 Å². The zero-order valence-electron chi connectivity index (χ0n) is 11.6. The molecule has 0 spiro atoms. The highest BCUT2D eigenvalue weighted by atomic mass is 16.5. The van der Waals surface area contributed by atoms with Crippen LogP contribution in [-0.2, 0) is 9.53 Å². The van der Waals surface area contributed by atoms with Crippen molar-refractivity contribution in [2.75, 3.05) is 20.3 Å². The molecular formula is C13H24N2O4. The number of nitrogens with one attached hydrogen (secondary N) is 2. The van der Waals surface area contributed by atoms with E-state index in [-0.39, 0.29) is 23.9 Å². The first-order valence-corrected chi connectivity index (χ1v) is 6.80. The molecule has 1 aliphatic carbocycles. The molecule has 1 aliphatic rings. The molecule has 0 aromatic heterocycles. The van der Waals surface area contributed by atoms with Crippen LogP contribution in [0.15, 0.2) is 0 Å². The van der Waals surface area contributed by atoms with E-state index in [9.17, 15) is 9.59 Å². The average Bonchev–Trinajstić information content (AvgIpc) is 2.82.